The van der Waals surface area contributed by atoms with Gasteiger partial charge in [-0.2, -0.15) is 0 Å². The molecular weight excluding hydrogens is 200 g/mol. The van der Waals surface area contributed by atoms with Gasteiger partial charge in [-0.25, -0.2) is 0 Å². The second kappa shape index (κ2) is 4.63. The maximum absolute atomic E-state index is 5.99. The standard InChI is InChI=1S/C13H26N2O/c1-9-4-12(9)7-15-13(8-14)5-10(2)16-11(3)6-13/h9-12,15H,4-8,14H2,1-3H3. The lowest BCUT2D eigenvalue weighted by Gasteiger charge is -2.43. The molecule has 94 valence electrons. The molecule has 1 aliphatic heterocycles. The molecule has 3 heteroatoms. The molecule has 0 amide bonds. The number of ether oxygens (including phenoxy) is 1. The molecule has 1 saturated carbocycles. The predicted octanol–water partition coefficient (Wildman–Crippen LogP) is 1.52. The lowest BCUT2D eigenvalue weighted by atomic mass is 9.84. The van der Waals surface area contributed by atoms with Gasteiger partial charge in [0.25, 0.3) is 0 Å². The largest absolute Gasteiger partial charge is 0.375 e. The van der Waals surface area contributed by atoms with E-state index in [9.17, 15) is 0 Å². The minimum absolute atomic E-state index is 0.124. The third-order valence-electron chi connectivity index (χ3n) is 4.23. The molecule has 0 aromatic heterocycles. The van der Waals surface area contributed by atoms with Crippen LogP contribution in [0.15, 0.2) is 0 Å². The Hall–Kier alpha value is -0.120. The SMILES string of the molecule is CC1CC(CN)(NCC2CC2C)CC(C)O1. The monoisotopic (exact) mass is 226 g/mol. The van der Waals surface area contributed by atoms with E-state index in [4.69, 9.17) is 10.5 Å². The van der Waals surface area contributed by atoms with E-state index < -0.39 is 0 Å². The van der Waals surface area contributed by atoms with Crippen molar-refractivity contribution in [1.82, 2.24) is 5.32 Å². The molecule has 2 aliphatic rings. The summed E-state index contributed by atoms with van der Waals surface area (Å²) in [5.74, 6) is 1.80. The van der Waals surface area contributed by atoms with Crippen LogP contribution in [0.2, 0.25) is 0 Å². The Labute approximate surface area is 99.1 Å². The lowest BCUT2D eigenvalue weighted by Crippen LogP contribution is -2.58. The molecule has 0 bridgehead atoms. The van der Waals surface area contributed by atoms with Crippen LogP contribution in [0.5, 0.6) is 0 Å². The Balaban J connectivity index is 1.89. The zero-order chi connectivity index (χ0) is 11.8. The summed E-state index contributed by atoms with van der Waals surface area (Å²) in [6, 6.07) is 0. The second-order valence-corrected chi connectivity index (χ2v) is 6.00. The summed E-state index contributed by atoms with van der Waals surface area (Å²) >= 11 is 0. The number of rotatable bonds is 4. The first kappa shape index (κ1) is 12.3. The maximum Gasteiger partial charge on any atom is 0.0568 e. The zero-order valence-corrected chi connectivity index (χ0v) is 10.8. The van der Waals surface area contributed by atoms with Gasteiger partial charge in [0, 0.05) is 12.1 Å². The Bertz CT molecular complexity index is 234. The van der Waals surface area contributed by atoms with Gasteiger partial charge < -0.3 is 15.8 Å². The van der Waals surface area contributed by atoms with Crippen molar-refractivity contribution in [3.8, 4) is 0 Å². The van der Waals surface area contributed by atoms with Crippen LogP contribution >= 0.6 is 0 Å². The smallest absolute Gasteiger partial charge is 0.0568 e. The summed E-state index contributed by atoms with van der Waals surface area (Å²) in [4.78, 5) is 0. The number of hydrogen-bond donors (Lipinski definition) is 2. The highest BCUT2D eigenvalue weighted by atomic mass is 16.5. The number of nitrogens with two attached hydrogens (primary N) is 1. The number of nitrogens with one attached hydrogen (secondary N) is 1. The summed E-state index contributed by atoms with van der Waals surface area (Å²) in [6.45, 7) is 8.50. The van der Waals surface area contributed by atoms with Crippen molar-refractivity contribution in [2.75, 3.05) is 13.1 Å². The topological polar surface area (TPSA) is 47.3 Å². The van der Waals surface area contributed by atoms with Gasteiger partial charge in [0.1, 0.15) is 0 Å². The molecule has 3 nitrogen and oxygen atoms in total. The summed E-state index contributed by atoms with van der Waals surface area (Å²) in [5.41, 5.74) is 6.11. The number of hydrogen-bond acceptors (Lipinski definition) is 3. The highest BCUT2D eigenvalue weighted by Gasteiger charge is 2.40. The van der Waals surface area contributed by atoms with Crippen LogP contribution in [0.4, 0.5) is 0 Å². The first-order valence-corrected chi connectivity index (χ1v) is 6.65. The molecule has 4 unspecified atom stereocenters. The van der Waals surface area contributed by atoms with E-state index in [1.165, 1.54) is 6.42 Å². The quantitative estimate of drug-likeness (QED) is 0.764. The van der Waals surface area contributed by atoms with Crippen LogP contribution in [0.3, 0.4) is 0 Å². The molecule has 4 atom stereocenters. The van der Waals surface area contributed by atoms with Crippen molar-refractivity contribution in [2.45, 2.75) is 57.8 Å². The van der Waals surface area contributed by atoms with Crippen LogP contribution in [0.1, 0.15) is 40.0 Å². The fourth-order valence-electron chi connectivity index (χ4n) is 3.09. The predicted molar refractivity (Wildman–Crippen MR) is 66.3 cm³/mol. The van der Waals surface area contributed by atoms with Crippen molar-refractivity contribution in [1.29, 1.82) is 0 Å². The molecular formula is C13H26N2O. The van der Waals surface area contributed by atoms with E-state index in [0.717, 1.165) is 37.8 Å². The van der Waals surface area contributed by atoms with Crippen molar-refractivity contribution >= 4 is 0 Å². The summed E-state index contributed by atoms with van der Waals surface area (Å²) in [7, 11) is 0. The van der Waals surface area contributed by atoms with Gasteiger partial charge >= 0.3 is 0 Å². The van der Waals surface area contributed by atoms with Gasteiger partial charge in [0.15, 0.2) is 0 Å². The summed E-state index contributed by atoms with van der Waals surface area (Å²) in [5, 5.41) is 3.73. The summed E-state index contributed by atoms with van der Waals surface area (Å²) in [6.07, 6.45) is 4.15. The molecule has 3 N–H and O–H groups in total. The van der Waals surface area contributed by atoms with Gasteiger partial charge in [-0.05, 0) is 51.5 Å². The molecule has 1 aliphatic carbocycles. The first-order valence-electron chi connectivity index (χ1n) is 6.65. The van der Waals surface area contributed by atoms with E-state index in [1.54, 1.807) is 0 Å². The van der Waals surface area contributed by atoms with Crippen LogP contribution in [-0.2, 0) is 4.74 Å². The van der Waals surface area contributed by atoms with Gasteiger partial charge in [-0.15, -0.1) is 0 Å². The normalized spacial score (nSPS) is 48.0. The van der Waals surface area contributed by atoms with Gasteiger partial charge in [0.2, 0.25) is 0 Å². The van der Waals surface area contributed by atoms with Gasteiger partial charge in [0.05, 0.1) is 12.2 Å². The van der Waals surface area contributed by atoms with Crippen LogP contribution < -0.4 is 11.1 Å². The van der Waals surface area contributed by atoms with E-state index in [0.29, 0.717) is 12.2 Å². The molecule has 16 heavy (non-hydrogen) atoms. The summed E-state index contributed by atoms with van der Waals surface area (Å²) < 4.78 is 5.79. The van der Waals surface area contributed by atoms with Crippen molar-refractivity contribution in [3.63, 3.8) is 0 Å². The van der Waals surface area contributed by atoms with Crippen LogP contribution in [0.25, 0.3) is 0 Å². The van der Waals surface area contributed by atoms with Crippen LogP contribution in [-0.4, -0.2) is 30.8 Å². The third-order valence-corrected chi connectivity index (χ3v) is 4.23. The van der Waals surface area contributed by atoms with E-state index in [-0.39, 0.29) is 5.54 Å². The third kappa shape index (κ3) is 2.76. The Morgan fingerprint density at radius 1 is 1.25 bits per heavy atom. The zero-order valence-electron chi connectivity index (χ0n) is 10.8. The van der Waals surface area contributed by atoms with E-state index >= 15 is 0 Å². The molecule has 2 rings (SSSR count). The maximum atomic E-state index is 5.99. The molecule has 0 aromatic carbocycles. The van der Waals surface area contributed by atoms with Crippen molar-refractivity contribution in [3.05, 3.63) is 0 Å². The Morgan fingerprint density at radius 3 is 2.25 bits per heavy atom. The van der Waals surface area contributed by atoms with E-state index in [2.05, 4.69) is 26.1 Å². The lowest BCUT2D eigenvalue weighted by molar-refractivity contribution is -0.0672. The molecule has 1 saturated heterocycles. The van der Waals surface area contributed by atoms with E-state index in [1.807, 2.05) is 0 Å². The molecule has 0 aromatic rings. The van der Waals surface area contributed by atoms with Crippen molar-refractivity contribution < 1.29 is 4.74 Å². The van der Waals surface area contributed by atoms with Gasteiger partial charge in [-0.1, -0.05) is 6.92 Å². The Morgan fingerprint density at radius 2 is 1.81 bits per heavy atom. The fourth-order valence-corrected chi connectivity index (χ4v) is 3.09. The average molecular weight is 226 g/mol. The molecule has 0 radical (unpaired) electrons. The van der Waals surface area contributed by atoms with Crippen molar-refractivity contribution in [2.24, 2.45) is 17.6 Å². The highest BCUT2D eigenvalue weighted by Crippen LogP contribution is 2.38. The molecule has 2 fully saturated rings. The second-order valence-electron chi connectivity index (χ2n) is 6.00. The molecule has 0 spiro atoms. The molecule has 1 heterocycles. The highest BCUT2D eigenvalue weighted by molar-refractivity contribution is 4.97. The minimum Gasteiger partial charge on any atom is -0.375 e. The van der Waals surface area contributed by atoms with Crippen LogP contribution in [0, 0.1) is 11.8 Å². The average Bonchev–Trinajstić information content (AvgIpc) is 2.90. The minimum atomic E-state index is 0.124. The first-order chi connectivity index (χ1) is 7.54. The van der Waals surface area contributed by atoms with Gasteiger partial charge in [-0.3, -0.25) is 0 Å². The fraction of sp³-hybridized carbons (Fsp3) is 1.00. The Kier molecular flexibility index (Phi) is 3.57.